The minimum Gasteiger partial charge on any atom is -0.343 e. The second kappa shape index (κ2) is 2.83. The first-order chi connectivity index (χ1) is 6.33. The fraction of sp³-hybridized carbons (Fsp3) is 0. The molecule has 0 spiro atoms. The van der Waals surface area contributed by atoms with Crippen molar-refractivity contribution >= 4 is 17.1 Å². The van der Waals surface area contributed by atoms with Gasteiger partial charge in [0, 0.05) is 6.20 Å². The van der Waals surface area contributed by atoms with Crippen molar-refractivity contribution in [2.24, 2.45) is 5.84 Å². The number of nitrogens with two attached hydrogens (primary N) is 1. The third kappa shape index (κ3) is 1.13. The van der Waals surface area contributed by atoms with Crippen LogP contribution in [-0.2, 0) is 0 Å². The third-order valence-electron chi connectivity index (χ3n) is 1.70. The first kappa shape index (κ1) is 7.69. The zero-order chi connectivity index (χ0) is 9.26. The van der Waals surface area contributed by atoms with E-state index in [4.69, 9.17) is 5.84 Å². The van der Waals surface area contributed by atoms with Crippen LogP contribution in [-0.4, -0.2) is 20.9 Å². The number of hydrazine groups is 1. The predicted molar refractivity (Wildman–Crippen MR) is 45.5 cm³/mol. The van der Waals surface area contributed by atoms with Gasteiger partial charge in [0.15, 0.2) is 5.65 Å². The van der Waals surface area contributed by atoms with E-state index in [0.29, 0.717) is 16.7 Å². The Morgan fingerprint density at radius 3 is 3.15 bits per heavy atom. The quantitative estimate of drug-likeness (QED) is 0.312. The van der Waals surface area contributed by atoms with Crippen molar-refractivity contribution < 1.29 is 4.79 Å². The van der Waals surface area contributed by atoms with Crippen molar-refractivity contribution in [1.82, 2.24) is 20.4 Å². The molecule has 0 aliphatic rings. The molecule has 1 amide bonds. The second-order valence-electron chi connectivity index (χ2n) is 2.43. The monoisotopic (exact) mass is 177 g/mol. The van der Waals surface area contributed by atoms with E-state index in [-0.39, 0.29) is 5.91 Å². The molecule has 4 N–H and O–H groups in total. The van der Waals surface area contributed by atoms with Crippen LogP contribution >= 0.6 is 0 Å². The maximum absolute atomic E-state index is 11.2. The normalized spacial score (nSPS) is 10.2. The van der Waals surface area contributed by atoms with Crippen LogP contribution < -0.4 is 11.3 Å². The lowest BCUT2D eigenvalue weighted by Crippen LogP contribution is -2.30. The van der Waals surface area contributed by atoms with Gasteiger partial charge in [0.2, 0.25) is 0 Å². The molecule has 0 aromatic carbocycles. The molecule has 66 valence electrons. The maximum Gasteiger partial charge on any atom is 0.267 e. The Morgan fingerprint density at radius 2 is 2.38 bits per heavy atom. The number of H-pyrrole nitrogens is 1. The molecule has 6 nitrogen and oxygen atoms in total. The number of carbonyl (C=O) groups excluding carboxylic acids is 1. The predicted octanol–water partition coefficient (Wildman–Crippen LogP) is -0.439. The summed E-state index contributed by atoms with van der Waals surface area (Å²) in [4.78, 5) is 21.9. The van der Waals surface area contributed by atoms with Crippen LogP contribution in [0.4, 0.5) is 0 Å². The topological polar surface area (TPSA) is 96.7 Å². The highest BCUT2D eigenvalue weighted by molar-refractivity contribution is 6.03. The molecule has 6 heteroatoms. The van der Waals surface area contributed by atoms with Crippen molar-refractivity contribution in [1.29, 1.82) is 0 Å². The Balaban J connectivity index is 2.67. The number of hydrogen-bond donors (Lipinski definition) is 3. The molecule has 2 rings (SSSR count). The van der Waals surface area contributed by atoms with Gasteiger partial charge in [-0.2, -0.15) is 0 Å². The SMILES string of the molecule is NNC(=O)c1ccnc2nc[nH]c12. The summed E-state index contributed by atoms with van der Waals surface area (Å²) in [7, 11) is 0. The molecule has 0 atom stereocenters. The van der Waals surface area contributed by atoms with Gasteiger partial charge in [-0.05, 0) is 6.07 Å². The van der Waals surface area contributed by atoms with Gasteiger partial charge in [0.1, 0.15) is 0 Å². The molecule has 0 aliphatic carbocycles. The highest BCUT2D eigenvalue weighted by atomic mass is 16.2. The lowest BCUT2D eigenvalue weighted by molar-refractivity contribution is 0.0955. The van der Waals surface area contributed by atoms with Gasteiger partial charge in [0.25, 0.3) is 5.91 Å². The zero-order valence-corrected chi connectivity index (χ0v) is 6.61. The summed E-state index contributed by atoms with van der Waals surface area (Å²) < 4.78 is 0. The Hall–Kier alpha value is -1.95. The number of aromatic nitrogens is 3. The van der Waals surface area contributed by atoms with Gasteiger partial charge in [-0.3, -0.25) is 10.2 Å². The van der Waals surface area contributed by atoms with Crippen LogP contribution in [0.5, 0.6) is 0 Å². The van der Waals surface area contributed by atoms with E-state index in [9.17, 15) is 4.79 Å². The number of amides is 1. The molecular formula is C7H7N5O. The van der Waals surface area contributed by atoms with Gasteiger partial charge in [-0.25, -0.2) is 15.8 Å². The van der Waals surface area contributed by atoms with Crippen molar-refractivity contribution in [2.75, 3.05) is 0 Å². The van der Waals surface area contributed by atoms with Gasteiger partial charge in [0.05, 0.1) is 17.4 Å². The third-order valence-corrected chi connectivity index (χ3v) is 1.70. The highest BCUT2D eigenvalue weighted by Gasteiger charge is 2.09. The number of carbonyl (C=O) groups is 1. The number of aromatic amines is 1. The Kier molecular flexibility index (Phi) is 1.67. The van der Waals surface area contributed by atoms with Crippen LogP contribution in [0.1, 0.15) is 10.4 Å². The lowest BCUT2D eigenvalue weighted by Gasteiger charge is -1.98. The average molecular weight is 177 g/mol. The number of pyridine rings is 1. The van der Waals surface area contributed by atoms with Gasteiger partial charge in [-0.1, -0.05) is 0 Å². The van der Waals surface area contributed by atoms with Gasteiger partial charge in [-0.15, -0.1) is 0 Å². The molecule has 2 heterocycles. The van der Waals surface area contributed by atoms with Crippen LogP contribution in [0.15, 0.2) is 18.6 Å². The largest absolute Gasteiger partial charge is 0.343 e. The number of nitrogen functional groups attached to an aromatic ring is 1. The van der Waals surface area contributed by atoms with Crippen LogP contribution in [0, 0.1) is 0 Å². The number of fused-ring (bicyclic) bond motifs is 1. The second-order valence-corrected chi connectivity index (χ2v) is 2.43. The first-order valence-corrected chi connectivity index (χ1v) is 3.62. The van der Waals surface area contributed by atoms with Crippen molar-refractivity contribution in [3.63, 3.8) is 0 Å². The summed E-state index contributed by atoms with van der Waals surface area (Å²) >= 11 is 0. The van der Waals surface area contributed by atoms with Gasteiger partial charge >= 0.3 is 0 Å². The average Bonchev–Trinajstić information content (AvgIpc) is 2.63. The Morgan fingerprint density at radius 1 is 1.54 bits per heavy atom. The molecule has 13 heavy (non-hydrogen) atoms. The molecule has 0 saturated heterocycles. The maximum atomic E-state index is 11.2. The van der Waals surface area contributed by atoms with E-state index in [1.54, 1.807) is 6.07 Å². The van der Waals surface area contributed by atoms with Gasteiger partial charge < -0.3 is 4.98 Å². The fourth-order valence-corrected chi connectivity index (χ4v) is 1.12. The number of nitrogens with one attached hydrogen (secondary N) is 2. The lowest BCUT2D eigenvalue weighted by atomic mass is 10.2. The first-order valence-electron chi connectivity index (χ1n) is 3.62. The number of rotatable bonds is 1. The summed E-state index contributed by atoms with van der Waals surface area (Å²) in [5.41, 5.74) is 3.57. The van der Waals surface area contributed by atoms with E-state index in [0.717, 1.165) is 0 Å². The molecule has 0 saturated carbocycles. The number of nitrogens with zero attached hydrogens (tertiary/aromatic N) is 2. The molecule has 0 radical (unpaired) electrons. The summed E-state index contributed by atoms with van der Waals surface area (Å²) in [5.74, 6) is 4.65. The molecule has 0 unspecified atom stereocenters. The zero-order valence-electron chi connectivity index (χ0n) is 6.61. The van der Waals surface area contributed by atoms with E-state index in [2.05, 4.69) is 15.0 Å². The van der Waals surface area contributed by atoms with Crippen molar-refractivity contribution in [2.45, 2.75) is 0 Å². The van der Waals surface area contributed by atoms with E-state index in [1.165, 1.54) is 12.5 Å². The molecule has 2 aromatic rings. The van der Waals surface area contributed by atoms with Crippen LogP contribution in [0.3, 0.4) is 0 Å². The van der Waals surface area contributed by atoms with Crippen molar-refractivity contribution in [3.8, 4) is 0 Å². The standard InChI is InChI=1S/C7H7N5O/c8-12-7(13)4-1-2-9-6-5(4)10-3-11-6/h1-3H,8H2,(H,12,13)(H,9,10,11). The minimum atomic E-state index is -0.364. The molecule has 0 fully saturated rings. The Labute approximate surface area is 73.1 Å². The molecular weight excluding hydrogens is 170 g/mol. The number of imidazole rings is 1. The smallest absolute Gasteiger partial charge is 0.267 e. The fourth-order valence-electron chi connectivity index (χ4n) is 1.12. The number of hydrogen-bond acceptors (Lipinski definition) is 4. The van der Waals surface area contributed by atoms with E-state index in [1.807, 2.05) is 5.43 Å². The van der Waals surface area contributed by atoms with E-state index < -0.39 is 0 Å². The summed E-state index contributed by atoms with van der Waals surface area (Å²) in [6.45, 7) is 0. The molecule has 0 aliphatic heterocycles. The van der Waals surface area contributed by atoms with Crippen molar-refractivity contribution in [3.05, 3.63) is 24.2 Å². The summed E-state index contributed by atoms with van der Waals surface area (Å²) in [5, 5.41) is 0. The Bertz CT molecular complexity index is 449. The van der Waals surface area contributed by atoms with Crippen LogP contribution in [0.2, 0.25) is 0 Å². The molecule has 2 aromatic heterocycles. The van der Waals surface area contributed by atoms with Crippen LogP contribution in [0.25, 0.3) is 11.2 Å². The molecule has 0 bridgehead atoms. The highest BCUT2D eigenvalue weighted by Crippen LogP contribution is 2.10. The minimum absolute atomic E-state index is 0.364. The summed E-state index contributed by atoms with van der Waals surface area (Å²) in [6.07, 6.45) is 2.98. The van der Waals surface area contributed by atoms with E-state index >= 15 is 0 Å². The summed E-state index contributed by atoms with van der Waals surface area (Å²) in [6, 6.07) is 1.57.